The van der Waals surface area contributed by atoms with Crippen molar-refractivity contribution in [2.24, 2.45) is 11.3 Å². The van der Waals surface area contributed by atoms with E-state index >= 15 is 0 Å². The van der Waals surface area contributed by atoms with Crippen molar-refractivity contribution in [1.29, 1.82) is 0 Å². The van der Waals surface area contributed by atoms with Crippen LogP contribution in [0.3, 0.4) is 0 Å². The van der Waals surface area contributed by atoms with Gasteiger partial charge in [-0.2, -0.15) is 0 Å². The molecule has 0 aliphatic carbocycles. The van der Waals surface area contributed by atoms with E-state index in [9.17, 15) is 13.2 Å². The topological polar surface area (TPSA) is 54.5 Å². The summed E-state index contributed by atoms with van der Waals surface area (Å²) in [6, 6.07) is 10.4. The number of sulfone groups is 1. The highest BCUT2D eigenvalue weighted by Gasteiger charge is 2.43. The summed E-state index contributed by atoms with van der Waals surface area (Å²) >= 11 is 0. The molecule has 0 aromatic heterocycles. The maximum atomic E-state index is 12.8. The van der Waals surface area contributed by atoms with Gasteiger partial charge in [-0.15, -0.1) is 0 Å². The third-order valence-electron chi connectivity index (χ3n) is 5.36. The Hall–Kier alpha value is -1.36. The summed E-state index contributed by atoms with van der Waals surface area (Å²) in [5.41, 5.74) is 1.32. The largest absolute Gasteiger partial charge is 0.341 e. The summed E-state index contributed by atoms with van der Waals surface area (Å²) in [6.07, 6.45) is 0.961. The SMILES string of the molecule is CC1(C)CN(C(=O)C2CCS(=O)(=O)CC2)CC1c1ccccc1. The molecule has 2 aliphatic heterocycles. The van der Waals surface area contributed by atoms with Gasteiger partial charge in [-0.3, -0.25) is 4.79 Å². The number of benzene rings is 1. The monoisotopic (exact) mass is 335 g/mol. The van der Waals surface area contributed by atoms with E-state index in [1.54, 1.807) is 0 Å². The van der Waals surface area contributed by atoms with E-state index in [1.165, 1.54) is 5.56 Å². The predicted octanol–water partition coefficient (Wildman–Crippen LogP) is 2.46. The summed E-state index contributed by atoms with van der Waals surface area (Å²) in [6.45, 7) is 5.90. The van der Waals surface area contributed by atoms with Gasteiger partial charge in [-0.05, 0) is 23.8 Å². The molecule has 1 unspecified atom stereocenters. The first-order valence-electron chi connectivity index (χ1n) is 8.33. The van der Waals surface area contributed by atoms with Gasteiger partial charge in [0.05, 0.1) is 11.5 Å². The molecule has 0 spiro atoms. The molecule has 2 heterocycles. The number of carbonyl (C=O) groups excluding carboxylic acids is 1. The molecule has 126 valence electrons. The standard InChI is InChI=1S/C18H25NO3S/c1-18(2)13-19(12-16(18)14-6-4-3-5-7-14)17(20)15-8-10-23(21,22)11-9-15/h3-7,15-16H,8-13H2,1-2H3. The molecule has 2 aliphatic rings. The van der Waals surface area contributed by atoms with Gasteiger partial charge in [0.1, 0.15) is 9.84 Å². The number of nitrogens with zero attached hydrogens (tertiary/aromatic N) is 1. The van der Waals surface area contributed by atoms with Crippen molar-refractivity contribution < 1.29 is 13.2 Å². The van der Waals surface area contributed by atoms with Crippen LogP contribution in [0.2, 0.25) is 0 Å². The molecule has 1 amide bonds. The summed E-state index contributed by atoms with van der Waals surface area (Å²) in [5, 5.41) is 0. The average molecular weight is 335 g/mol. The van der Waals surface area contributed by atoms with Gasteiger partial charge in [-0.1, -0.05) is 44.2 Å². The van der Waals surface area contributed by atoms with Gasteiger partial charge in [0.2, 0.25) is 5.91 Å². The van der Waals surface area contributed by atoms with Crippen LogP contribution in [-0.4, -0.2) is 43.8 Å². The second-order valence-corrected chi connectivity index (χ2v) is 9.90. The van der Waals surface area contributed by atoms with Crippen molar-refractivity contribution >= 4 is 15.7 Å². The van der Waals surface area contributed by atoms with Crippen molar-refractivity contribution in [1.82, 2.24) is 4.90 Å². The summed E-state index contributed by atoms with van der Waals surface area (Å²) in [4.78, 5) is 14.8. The van der Waals surface area contributed by atoms with E-state index in [4.69, 9.17) is 0 Å². The molecule has 2 saturated heterocycles. The normalized spacial score (nSPS) is 27.0. The van der Waals surface area contributed by atoms with Crippen LogP contribution in [0, 0.1) is 11.3 Å². The van der Waals surface area contributed by atoms with Crippen LogP contribution in [0.5, 0.6) is 0 Å². The quantitative estimate of drug-likeness (QED) is 0.834. The van der Waals surface area contributed by atoms with E-state index in [-0.39, 0.29) is 28.7 Å². The number of likely N-dealkylation sites (tertiary alicyclic amines) is 1. The first kappa shape index (κ1) is 16.5. The lowest BCUT2D eigenvalue weighted by molar-refractivity contribution is -0.135. The summed E-state index contributed by atoms with van der Waals surface area (Å²) in [5.74, 6) is 0.668. The molecule has 3 rings (SSSR count). The fourth-order valence-electron chi connectivity index (χ4n) is 3.94. The fraction of sp³-hybridized carbons (Fsp3) is 0.611. The number of carbonyl (C=O) groups is 1. The molecule has 0 saturated carbocycles. The second kappa shape index (κ2) is 5.93. The number of amides is 1. The van der Waals surface area contributed by atoms with Crippen LogP contribution in [-0.2, 0) is 14.6 Å². The molecule has 0 bridgehead atoms. The Morgan fingerprint density at radius 1 is 1.13 bits per heavy atom. The predicted molar refractivity (Wildman–Crippen MR) is 90.9 cm³/mol. The highest BCUT2D eigenvalue weighted by molar-refractivity contribution is 7.91. The molecule has 0 N–H and O–H groups in total. The maximum Gasteiger partial charge on any atom is 0.225 e. The van der Waals surface area contributed by atoms with Crippen molar-refractivity contribution in [2.45, 2.75) is 32.6 Å². The van der Waals surface area contributed by atoms with Crippen molar-refractivity contribution in [3.8, 4) is 0 Å². The smallest absolute Gasteiger partial charge is 0.225 e. The summed E-state index contributed by atoms with van der Waals surface area (Å²) < 4.78 is 23.1. The van der Waals surface area contributed by atoms with E-state index in [1.807, 2.05) is 23.1 Å². The van der Waals surface area contributed by atoms with Crippen LogP contribution in [0.15, 0.2) is 30.3 Å². The Kier molecular flexibility index (Phi) is 4.25. The van der Waals surface area contributed by atoms with Gasteiger partial charge < -0.3 is 4.90 Å². The van der Waals surface area contributed by atoms with Gasteiger partial charge >= 0.3 is 0 Å². The van der Waals surface area contributed by atoms with Crippen LogP contribution in [0.1, 0.15) is 38.2 Å². The van der Waals surface area contributed by atoms with E-state index in [0.29, 0.717) is 18.8 Å². The minimum absolute atomic E-state index is 0.0394. The van der Waals surface area contributed by atoms with E-state index in [2.05, 4.69) is 26.0 Å². The Morgan fingerprint density at radius 3 is 2.35 bits per heavy atom. The molecule has 5 heteroatoms. The van der Waals surface area contributed by atoms with Crippen LogP contribution >= 0.6 is 0 Å². The van der Waals surface area contributed by atoms with Crippen LogP contribution in [0.25, 0.3) is 0 Å². The number of hydrogen-bond donors (Lipinski definition) is 0. The molecule has 0 radical (unpaired) electrons. The highest BCUT2D eigenvalue weighted by atomic mass is 32.2. The van der Waals surface area contributed by atoms with Crippen LogP contribution < -0.4 is 0 Å². The molecular weight excluding hydrogens is 310 g/mol. The minimum Gasteiger partial charge on any atom is -0.341 e. The third-order valence-corrected chi connectivity index (χ3v) is 7.08. The van der Waals surface area contributed by atoms with Crippen LogP contribution in [0.4, 0.5) is 0 Å². The first-order valence-corrected chi connectivity index (χ1v) is 10.1. The van der Waals surface area contributed by atoms with Gasteiger partial charge in [0, 0.05) is 24.9 Å². The minimum atomic E-state index is -2.92. The maximum absolute atomic E-state index is 12.8. The Balaban J connectivity index is 1.72. The molecule has 1 aromatic carbocycles. The van der Waals surface area contributed by atoms with E-state index in [0.717, 1.165) is 13.1 Å². The molecule has 1 atom stereocenters. The summed E-state index contributed by atoms with van der Waals surface area (Å²) in [7, 11) is -2.92. The van der Waals surface area contributed by atoms with Crippen molar-refractivity contribution in [3.05, 3.63) is 35.9 Å². The Labute approximate surface area is 138 Å². The zero-order valence-corrected chi connectivity index (χ0v) is 14.7. The van der Waals surface area contributed by atoms with Crippen molar-refractivity contribution in [3.63, 3.8) is 0 Å². The average Bonchev–Trinajstić information content (AvgIpc) is 2.83. The number of rotatable bonds is 2. The second-order valence-electron chi connectivity index (χ2n) is 7.60. The Bertz CT molecular complexity index is 667. The lowest BCUT2D eigenvalue weighted by Gasteiger charge is -2.27. The lowest BCUT2D eigenvalue weighted by atomic mass is 9.78. The van der Waals surface area contributed by atoms with Gasteiger partial charge in [0.25, 0.3) is 0 Å². The van der Waals surface area contributed by atoms with Crippen molar-refractivity contribution in [2.75, 3.05) is 24.6 Å². The fourth-order valence-corrected chi connectivity index (χ4v) is 5.43. The molecule has 2 fully saturated rings. The number of hydrogen-bond acceptors (Lipinski definition) is 3. The zero-order valence-electron chi connectivity index (χ0n) is 13.9. The molecule has 23 heavy (non-hydrogen) atoms. The van der Waals surface area contributed by atoms with E-state index < -0.39 is 9.84 Å². The highest BCUT2D eigenvalue weighted by Crippen LogP contribution is 2.43. The Morgan fingerprint density at radius 2 is 1.74 bits per heavy atom. The molecular formula is C18H25NO3S. The third kappa shape index (κ3) is 3.44. The zero-order chi connectivity index (χ0) is 16.7. The molecule has 4 nitrogen and oxygen atoms in total. The molecule has 1 aromatic rings. The van der Waals surface area contributed by atoms with Gasteiger partial charge in [-0.25, -0.2) is 8.42 Å². The first-order chi connectivity index (χ1) is 10.8. The van der Waals surface area contributed by atoms with Gasteiger partial charge in [0.15, 0.2) is 0 Å². The lowest BCUT2D eigenvalue weighted by Crippen LogP contribution is -2.39.